The minimum absolute atomic E-state index is 0.0646. The van der Waals surface area contributed by atoms with Crippen molar-refractivity contribution in [1.29, 1.82) is 0 Å². The summed E-state index contributed by atoms with van der Waals surface area (Å²) in [5, 5.41) is 0. The van der Waals surface area contributed by atoms with Crippen LogP contribution < -0.4 is 4.74 Å². The Bertz CT molecular complexity index is 1140. The molecule has 5 heteroatoms. The second kappa shape index (κ2) is 5.85. The Balaban J connectivity index is 1.53. The fourth-order valence-electron chi connectivity index (χ4n) is 5.61. The fourth-order valence-corrected chi connectivity index (χ4v) is 5.61. The lowest BCUT2D eigenvalue weighted by Crippen LogP contribution is -2.46. The Kier molecular flexibility index (Phi) is 3.44. The summed E-state index contributed by atoms with van der Waals surface area (Å²) in [6.45, 7) is 2.86. The van der Waals surface area contributed by atoms with Crippen molar-refractivity contribution in [3.63, 3.8) is 0 Å². The molecule has 1 amide bonds. The zero-order valence-electron chi connectivity index (χ0n) is 16.9. The number of hydrogen-bond acceptors (Lipinski definition) is 3. The van der Waals surface area contributed by atoms with Crippen LogP contribution in [0.3, 0.4) is 0 Å². The van der Waals surface area contributed by atoms with Gasteiger partial charge in [-0.15, -0.1) is 0 Å². The van der Waals surface area contributed by atoms with E-state index in [-0.39, 0.29) is 17.6 Å². The van der Waals surface area contributed by atoms with E-state index in [2.05, 4.69) is 45.9 Å². The van der Waals surface area contributed by atoms with Crippen molar-refractivity contribution in [2.75, 3.05) is 6.54 Å². The maximum atomic E-state index is 12.7. The van der Waals surface area contributed by atoms with E-state index < -0.39 is 0 Å². The molecule has 6 rings (SSSR count). The molecule has 0 saturated carbocycles. The Labute approximate surface area is 170 Å². The van der Waals surface area contributed by atoms with E-state index in [1.807, 2.05) is 14.0 Å². The summed E-state index contributed by atoms with van der Waals surface area (Å²) < 4.78 is 8.97. The summed E-state index contributed by atoms with van der Waals surface area (Å²) in [4.78, 5) is 19.6. The number of likely N-dealkylation sites (tertiary alicyclic amines) is 1. The molecular formula is C24H25N3O2. The largest absolute Gasteiger partial charge is 0.484 e. The predicted octanol–water partition coefficient (Wildman–Crippen LogP) is 3.87. The molecule has 2 aromatic carbocycles. The van der Waals surface area contributed by atoms with Crippen molar-refractivity contribution < 1.29 is 9.53 Å². The molecule has 1 saturated heterocycles. The van der Waals surface area contributed by atoms with Crippen LogP contribution in [0, 0.1) is 6.92 Å². The molecule has 1 atom stereocenters. The number of aromatic nitrogens is 2. The van der Waals surface area contributed by atoms with Crippen LogP contribution in [0.25, 0.3) is 11.0 Å². The number of rotatable bonds is 1. The van der Waals surface area contributed by atoms with Crippen LogP contribution >= 0.6 is 0 Å². The molecule has 3 aromatic rings. The van der Waals surface area contributed by atoms with E-state index >= 15 is 0 Å². The number of ether oxygens (including phenoxy) is 1. The molecule has 1 fully saturated rings. The molecular weight excluding hydrogens is 362 g/mol. The molecule has 1 unspecified atom stereocenters. The summed E-state index contributed by atoms with van der Waals surface area (Å²) in [7, 11) is 2.04. The highest BCUT2D eigenvalue weighted by Crippen LogP contribution is 2.50. The van der Waals surface area contributed by atoms with E-state index in [4.69, 9.17) is 9.72 Å². The minimum atomic E-state index is -0.302. The van der Waals surface area contributed by atoms with Gasteiger partial charge in [0.1, 0.15) is 16.9 Å². The highest BCUT2D eigenvalue weighted by Gasteiger charge is 2.48. The van der Waals surface area contributed by atoms with Gasteiger partial charge in [-0.05, 0) is 30.5 Å². The number of carbonyl (C=O) groups excluding carboxylic acids is 1. The average Bonchev–Trinajstić information content (AvgIpc) is 3.37. The van der Waals surface area contributed by atoms with E-state index in [1.54, 1.807) is 0 Å². The summed E-state index contributed by atoms with van der Waals surface area (Å²) in [5.74, 6) is 2.13. The molecule has 1 aromatic heterocycles. The van der Waals surface area contributed by atoms with Crippen molar-refractivity contribution in [3.05, 3.63) is 58.9 Å². The van der Waals surface area contributed by atoms with Gasteiger partial charge in [0.25, 0.3) is 0 Å². The molecule has 0 radical (unpaired) electrons. The van der Waals surface area contributed by atoms with Crippen molar-refractivity contribution in [2.24, 2.45) is 7.05 Å². The first-order valence-corrected chi connectivity index (χ1v) is 10.6. The first-order valence-electron chi connectivity index (χ1n) is 10.6. The molecule has 29 heavy (non-hydrogen) atoms. The highest BCUT2D eigenvalue weighted by atomic mass is 16.5. The normalized spacial score (nSPS) is 22.2. The van der Waals surface area contributed by atoms with Gasteiger partial charge in [0, 0.05) is 44.8 Å². The van der Waals surface area contributed by atoms with Gasteiger partial charge < -0.3 is 14.2 Å². The topological polar surface area (TPSA) is 47.4 Å². The Morgan fingerprint density at radius 2 is 1.90 bits per heavy atom. The van der Waals surface area contributed by atoms with E-state index in [0.717, 1.165) is 60.4 Å². The third-order valence-electron chi connectivity index (χ3n) is 7.13. The number of carbonyl (C=O) groups is 1. The van der Waals surface area contributed by atoms with Crippen LogP contribution in [0.4, 0.5) is 0 Å². The first-order chi connectivity index (χ1) is 14.0. The van der Waals surface area contributed by atoms with Crippen molar-refractivity contribution in [1.82, 2.24) is 14.5 Å². The third kappa shape index (κ3) is 2.39. The monoisotopic (exact) mass is 387 g/mol. The second-order valence-corrected chi connectivity index (χ2v) is 8.89. The zero-order valence-corrected chi connectivity index (χ0v) is 16.9. The SMILES string of the molecule is Cc1nc2c3c(ccc2n1C)C(N1CCCC1=O)CC1(Cc2ccccc2C1)O3. The average molecular weight is 387 g/mol. The molecule has 1 spiro atoms. The molecule has 3 heterocycles. The second-order valence-electron chi connectivity index (χ2n) is 8.89. The molecule has 5 nitrogen and oxygen atoms in total. The van der Waals surface area contributed by atoms with Crippen molar-refractivity contribution in [3.8, 4) is 5.75 Å². The Morgan fingerprint density at radius 1 is 1.14 bits per heavy atom. The predicted molar refractivity (Wildman–Crippen MR) is 111 cm³/mol. The minimum Gasteiger partial charge on any atom is -0.484 e. The van der Waals surface area contributed by atoms with Crippen LogP contribution in [-0.2, 0) is 24.7 Å². The molecule has 0 bridgehead atoms. The van der Waals surface area contributed by atoms with Crippen LogP contribution in [0.1, 0.15) is 47.8 Å². The van der Waals surface area contributed by atoms with Crippen LogP contribution in [0.2, 0.25) is 0 Å². The van der Waals surface area contributed by atoms with Crippen LogP contribution in [-0.4, -0.2) is 32.5 Å². The van der Waals surface area contributed by atoms with Crippen molar-refractivity contribution >= 4 is 16.9 Å². The van der Waals surface area contributed by atoms with Gasteiger partial charge in [-0.2, -0.15) is 0 Å². The van der Waals surface area contributed by atoms with Gasteiger partial charge in [0.05, 0.1) is 11.6 Å². The number of imidazole rings is 1. The number of hydrogen-bond donors (Lipinski definition) is 0. The van der Waals surface area contributed by atoms with Gasteiger partial charge in [-0.3, -0.25) is 4.79 Å². The lowest BCUT2D eigenvalue weighted by molar-refractivity contribution is -0.131. The number of amides is 1. The van der Waals surface area contributed by atoms with Gasteiger partial charge in [0.2, 0.25) is 5.91 Å². The third-order valence-corrected chi connectivity index (χ3v) is 7.13. The van der Waals surface area contributed by atoms with Gasteiger partial charge in [-0.25, -0.2) is 4.98 Å². The van der Waals surface area contributed by atoms with Crippen LogP contribution in [0.5, 0.6) is 5.75 Å². The summed E-state index contributed by atoms with van der Waals surface area (Å²) >= 11 is 0. The van der Waals surface area contributed by atoms with E-state index in [9.17, 15) is 4.79 Å². The maximum absolute atomic E-state index is 12.7. The lowest BCUT2D eigenvalue weighted by atomic mass is 9.84. The number of benzene rings is 2. The van der Waals surface area contributed by atoms with Crippen molar-refractivity contribution in [2.45, 2.75) is 50.7 Å². The lowest BCUT2D eigenvalue weighted by Gasteiger charge is -2.43. The number of nitrogens with zero attached hydrogens (tertiary/aromatic N) is 3. The zero-order chi connectivity index (χ0) is 19.8. The molecule has 3 aliphatic rings. The van der Waals surface area contributed by atoms with Gasteiger partial charge in [0.15, 0.2) is 5.75 Å². The summed E-state index contributed by atoms with van der Waals surface area (Å²) in [5.41, 5.74) is 5.56. The Hall–Kier alpha value is -2.82. The van der Waals surface area contributed by atoms with Gasteiger partial charge in [-0.1, -0.05) is 30.3 Å². The smallest absolute Gasteiger partial charge is 0.223 e. The van der Waals surface area contributed by atoms with E-state index in [1.165, 1.54) is 11.1 Å². The first kappa shape index (κ1) is 17.1. The number of fused-ring (bicyclic) bond motifs is 4. The number of aryl methyl sites for hydroxylation is 2. The summed E-state index contributed by atoms with van der Waals surface area (Å²) in [6.07, 6.45) is 4.24. The molecule has 2 aliphatic heterocycles. The molecule has 1 aliphatic carbocycles. The molecule has 0 N–H and O–H groups in total. The Morgan fingerprint density at radius 3 is 2.59 bits per heavy atom. The van der Waals surface area contributed by atoms with Crippen LogP contribution in [0.15, 0.2) is 36.4 Å². The molecule has 148 valence electrons. The maximum Gasteiger partial charge on any atom is 0.223 e. The highest BCUT2D eigenvalue weighted by molar-refractivity contribution is 5.86. The quantitative estimate of drug-likeness (QED) is 0.637. The van der Waals surface area contributed by atoms with E-state index in [0.29, 0.717) is 6.42 Å². The summed E-state index contributed by atoms with van der Waals surface area (Å²) in [6, 6.07) is 13.0. The fraction of sp³-hybridized carbons (Fsp3) is 0.417. The standard InChI is InChI=1S/C24H25N3O2/c1-15-25-22-19(26(15)2)10-9-18-20(27-11-5-8-21(27)28)14-24(29-23(18)22)12-16-6-3-4-7-17(16)13-24/h3-4,6-7,9-10,20H,5,8,11-14H2,1-2H3. The van der Waals surface area contributed by atoms with Gasteiger partial charge >= 0.3 is 0 Å².